The van der Waals surface area contributed by atoms with Crippen LogP contribution in [0, 0.1) is 5.82 Å². The predicted molar refractivity (Wildman–Crippen MR) is 188 cm³/mol. The molecule has 51 heavy (non-hydrogen) atoms. The predicted octanol–water partition coefficient (Wildman–Crippen LogP) is 5.52. The summed E-state index contributed by atoms with van der Waals surface area (Å²) in [6, 6.07) is 24.1. The van der Waals surface area contributed by atoms with Crippen LogP contribution in [0.5, 0.6) is 0 Å². The number of hydrogen-bond acceptors (Lipinski definition) is 8. The van der Waals surface area contributed by atoms with Gasteiger partial charge >= 0.3 is 0 Å². The number of hydrogen-bond donors (Lipinski definition) is 2. The lowest BCUT2D eigenvalue weighted by atomic mass is 9.97. The Kier molecular flexibility index (Phi) is 11.5. The molecule has 14 heteroatoms. The van der Waals surface area contributed by atoms with Crippen LogP contribution in [-0.2, 0) is 26.2 Å². The Balaban J connectivity index is 0.000000435. The van der Waals surface area contributed by atoms with Gasteiger partial charge < -0.3 is 24.5 Å². The summed E-state index contributed by atoms with van der Waals surface area (Å²) in [5.41, 5.74) is 2.47. The summed E-state index contributed by atoms with van der Waals surface area (Å²) in [5.74, 6) is -1.20. The Hall–Kier alpha value is -5.60. The second kappa shape index (κ2) is 16.0. The molecule has 6 rings (SSSR count). The molecule has 2 heterocycles. The zero-order valence-electron chi connectivity index (χ0n) is 27.7. The van der Waals surface area contributed by atoms with E-state index in [2.05, 4.69) is 10.1 Å². The zero-order chi connectivity index (χ0) is 36.7. The molecule has 1 aromatic heterocycles. The highest BCUT2D eigenvalue weighted by Gasteiger charge is 2.29. The van der Waals surface area contributed by atoms with Gasteiger partial charge in [0.25, 0.3) is 18.3 Å². The third-order valence-electron chi connectivity index (χ3n) is 8.18. The Morgan fingerprint density at radius 2 is 1.76 bits per heavy atom. The first-order valence-electron chi connectivity index (χ1n) is 15.7. The average molecular weight is 720 g/mol. The van der Waals surface area contributed by atoms with Crippen molar-refractivity contribution in [3.8, 4) is 22.5 Å². The van der Waals surface area contributed by atoms with Gasteiger partial charge in [0, 0.05) is 48.3 Å². The van der Waals surface area contributed by atoms with E-state index in [0.717, 1.165) is 11.8 Å². The quantitative estimate of drug-likeness (QED) is 0.142. The van der Waals surface area contributed by atoms with Crippen molar-refractivity contribution in [1.29, 1.82) is 0 Å². The number of rotatable bonds is 10. The van der Waals surface area contributed by atoms with E-state index in [0.29, 0.717) is 52.4 Å². The third-order valence-corrected chi connectivity index (χ3v) is 9.27. The average Bonchev–Trinajstić information content (AvgIpc) is 3.74. The minimum atomic E-state index is -4.10. The molecule has 2 N–H and O–H groups in total. The Morgan fingerprint density at radius 3 is 2.37 bits per heavy atom. The zero-order valence-corrected chi connectivity index (χ0v) is 28.5. The van der Waals surface area contributed by atoms with Crippen LogP contribution >= 0.6 is 0 Å². The van der Waals surface area contributed by atoms with Gasteiger partial charge in [0.15, 0.2) is 6.80 Å². The van der Waals surface area contributed by atoms with Crippen LogP contribution in [0.15, 0.2) is 95.4 Å². The van der Waals surface area contributed by atoms with Crippen LogP contribution in [0.2, 0.25) is 0 Å². The van der Waals surface area contributed by atoms with Gasteiger partial charge in [-0.3, -0.25) is 14.4 Å². The van der Waals surface area contributed by atoms with Crippen LogP contribution < -0.4 is 9.62 Å². The Labute approximate surface area is 293 Å². The third kappa shape index (κ3) is 8.41. The SMILES string of the molecule is CNC(=O)c1c(-c2ccc(F)cc2)oc2cc(N(CF)S(C)(=O)=O)c(-c3cccc(C(=O)N4CCC(O)C4)c3)cc12.O=COCc1ccccc1. The number of nitrogens with one attached hydrogen (secondary N) is 1. The van der Waals surface area contributed by atoms with Crippen molar-refractivity contribution in [1.82, 2.24) is 10.2 Å². The monoisotopic (exact) mass is 719 g/mol. The van der Waals surface area contributed by atoms with Crippen LogP contribution in [-0.4, -0.2) is 76.0 Å². The first-order valence-corrected chi connectivity index (χ1v) is 17.6. The van der Waals surface area contributed by atoms with Crippen molar-refractivity contribution in [3.05, 3.63) is 114 Å². The molecular weight excluding hydrogens is 684 g/mol. The molecule has 1 aliphatic heterocycles. The van der Waals surface area contributed by atoms with Gasteiger partial charge in [-0.05, 0) is 60.0 Å². The fourth-order valence-corrected chi connectivity index (χ4v) is 6.38. The number of furan rings is 1. The molecule has 1 atom stereocenters. The molecular formula is C37H35F2N3O8S. The van der Waals surface area contributed by atoms with E-state index >= 15 is 0 Å². The Bertz CT molecular complexity index is 2140. The molecule has 0 spiro atoms. The van der Waals surface area contributed by atoms with E-state index in [1.54, 1.807) is 24.3 Å². The number of nitrogens with zero attached hydrogens (tertiary/aromatic N) is 2. The fraction of sp³-hybridized carbons (Fsp3) is 0.216. The number of fused-ring (bicyclic) bond motifs is 1. The van der Waals surface area contributed by atoms with Gasteiger partial charge in [0.2, 0.25) is 10.0 Å². The van der Waals surface area contributed by atoms with E-state index in [9.17, 15) is 36.7 Å². The van der Waals surface area contributed by atoms with Crippen molar-refractivity contribution in [2.75, 3.05) is 37.5 Å². The van der Waals surface area contributed by atoms with Crippen LogP contribution in [0.3, 0.4) is 0 Å². The molecule has 0 radical (unpaired) electrons. The van der Waals surface area contributed by atoms with Crippen molar-refractivity contribution < 1.29 is 45.8 Å². The molecule has 0 aliphatic carbocycles. The van der Waals surface area contributed by atoms with E-state index < -0.39 is 34.7 Å². The number of amides is 2. The number of sulfonamides is 1. The number of carbonyl (C=O) groups excluding carboxylic acids is 3. The minimum absolute atomic E-state index is 0.0634. The van der Waals surface area contributed by atoms with E-state index in [1.165, 1.54) is 48.3 Å². The lowest BCUT2D eigenvalue weighted by Crippen LogP contribution is -2.30. The molecule has 1 saturated heterocycles. The molecule has 5 aromatic rings. The van der Waals surface area contributed by atoms with Crippen LogP contribution in [0.25, 0.3) is 33.4 Å². The lowest BCUT2D eigenvalue weighted by Gasteiger charge is -2.22. The summed E-state index contributed by atoms with van der Waals surface area (Å²) in [4.78, 5) is 37.5. The first-order chi connectivity index (χ1) is 24.4. The molecule has 2 amide bonds. The number of anilines is 1. The highest BCUT2D eigenvalue weighted by molar-refractivity contribution is 7.92. The van der Waals surface area contributed by atoms with Gasteiger partial charge in [-0.2, -0.15) is 0 Å². The summed E-state index contributed by atoms with van der Waals surface area (Å²) in [7, 11) is -2.67. The van der Waals surface area contributed by atoms with Crippen LogP contribution in [0.4, 0.5) is 14.5 Å². The fourth-order valence-electron chi connectivity index (χ4n) is 5.69. The van der Waals surface area contributed by atoms with Gasteiger partial charge in [-0.25, -0.2) is 21.5 Å². The number of carbonyl (C=O) groups is 3. The number of ether oxygens (including phenoxy) is 1. The molecule has 266 valence electrons. The van der Waals surface area contributed by atoms with Crippen molar-refractivity contribution in [2.24, 2.45) is 0 Å². The highest BCUT2D eigenvalue weighted by atomic mass is 32.2. The van der Waals surface area contributed by atoms with Gasteiger partial charge in [0.05, 0.1) is 23.6 Å². The van der Waals surface area contributed by atoms with Crippen molar-refractivity contribution in [2.45, 2.75) is 19.1 Å². The topological polar surface area (TPSA) is 146 Å². The maximum atomic E-state index is 14.3. The highest BCUT2D eigenvalue weighted by Crippen LogP contribution is 2.42. The number of likely N-dealkylation sites (tertiary alicyclic amines) is 1. The maximum absolute atomic E-state index is 14.3. The van der Waals surface area contributed by atoms with Crippen molar-refractivity contribution >= 4 is 45.0 Å². The lowest BCUT2D eigenvalue weighted by molar-refractivity contribution is -0.129. The first kappa shape index (κ1) is 36.7. The Morgan fingerprint density at radius 1 is 1.04 bits per heavy atom. The molecule has 1 aliphatic rings. The van der Waals surface area contributed by atoms with Gasteiger partial charge in [-0.15, -0.1) is 0 Å². The van der Waals surface area contributed by atoms with Gasteiger partial charge in [-0.1, -0.05) is 42.5 Å². The maximum Gasteiger partial charge on any atom is 0.293 e. The number of β-amino-alcohol motifs (C(OH)–C–C–N with tert-alkyl or cyclic N) is 1. The van der Waals surface area contributed by atoms with Crippen molar-refractivity contribution in [3.63, 3.8) is 0 Å². The molecule has 0 bridgehead atoms. The standard InChI is InChI=1S/C29H27F2N3O6S.C8H8O2/c1-32-28(36)26-23-13-22(18-4-3-5-19(12-18)29(37)33-11-10-21(35)15-33)24(34(16-30)41(2,38)39)14-25(23)40-27(26)17-6-8-20(31)9-7-17;9-7-10-6-8-4-2-1-3-5-8/h3-9,12-14,21,35H,10-11,15-16H2,1-2H3,(H,32,36);1-5,7H,6H2. The van der Waals surface area contributed by atoms with E-state index in [-0.39, 0.29) is 40.6 Å². The summed E-state index contributed by atoms with van der Waals surface area (Å²) in [6.45, 7) is 0.0231. The second-order valence-corrected chi connectivity index (χ2v) is 13.6. The second-order valence-electron chi connectivity index (χ2n) is 11.7. The number of aliphatic hydroxyl groups excluding tert-OH is 1. The number of benzene rings is 4. The van der Waals surface area contributed by atoms with Crippen LogP contribution in [0.1, 0.15) is 32.7 Å². The largest absolute Gasteiger partial charge is 0.463 e. The minimum Gasteiger partial charge on any atom is -0.463 e. The number of halogens is 2. The van der Waals surface area contributed by atoms with E-state index in [1.807, 2.05) is 30.3 Å². The normalized spacial score (nSPS) is 14.1. The summed E-state index contributed by atoms with van der Waals surface area (Å²) < 4.78 is 64.3. The smallest absolute Gasteiger partial charge is 0.293 e. The molecule has 0 saturated carbocycles. The molecule has 4 aromatic carbocycles. The molecule has 1 unspecified atom stereocenters. The number of alkyl halides is 1. The summed E-state index contributed by atoms with van der Waals surface area (Å²) in [6.07, 6.45) is 0.718. The molecule has 11 nitrogen and oxygen atoms in total. The molecule has 1 fully saturated rings. The summed E-state index contributed by atoms with van der Waals surface area (Å²) in [5, 5.41) is 12.7. The number of aliphatic hydroxyl groups is 1. The van der Waals surface area contributed by atoms with E-state index in [4.69, 9.17) is 4.42 Å². The van der Waals surface area contributed by atoms with Gasteiger partial charge in [0.1, 0.15) is 23.8 Å². The summed E-state index contributed by atoms with van der Waals surface area (Å²) >= 11 is 0.